The summed E-state index contributed by atoms with van der Waals surface area (Å²) in [5, 5.41) is 25.6. The summed E-state index contributed by atoms with van der Waals surface area (Å²) in [5.74, 6) is 0.777. The average molecular weight is 861 g/mol. The van der Waals surface area contributed by atoms with Crippen LogP contribution in [0.5, 0.6) is 0 Å². The second-order valence-corrected chi connectivity index (χ2v) is 17.8. The van der Waals surface area contributed by atoms with Gasteiger partial charge in [0.15, 0.2) is 0 Å². The topological polar surface area (TPSA) is 121 Å². The fraction of sp³-hybridized carbons (Fsp3) is 0.712. The maximum atomic E-state index is 12.1. The SMILES string of the molecule is CCCCC/C=C\C/C=C\CCCCCCCCC(=O)CCCCCCCC/C=C\C/C=C\CCCCC.COS(=O)(=O)c1ccc(C)cc1.OCCC(CCO)CCO. The molecule has 348 valence electrons. The Morgan fingerprint density at radius 2 is 0.867 bits per heavy atom. The molecule has 0 heterocycles. The van der Waals surface area contributed by atoms with Crippen molar-refractivity contribution < 1.29 is 32.7 Å². The van der Waals surface area contributed by atoms with Gasteiger partial charge in [0.1, 0.15) is 5.78 Å². The van der Waals surface area contributed by atoms with Crippen LogP contribution in [0.15, 0.2) is 77.8 Å². The largest absolute Gasteiger partial charge is 0.396 e. The fourth-order valence-electron chi connectivity index (χ4n) is 6.53. The van der Waals surface area contributed by atoms with E-state index in [1.807, 2.05) is 6.92 Å². The number of rotatable bonds is 38. The monoisotopic (exact) mass is 861 g/mol. The maximum Gasteiger partial charge on any atom is 0.296 e. The van der Waals surface area contributed by atoms with E-state index in [1.165, 1.54) is 141 Å². The van der Waals surface area contributed by atoms with Gasteiger partial charge in [-0.1, -0.05) is 157 Å². The van der Waals surface area contributed by atoms with E-state index in [0.717, 1.165) is 51.2 Å². The third kappa shape index (κ3) is 43.7. The molecule has 3 N–H and O–H groups in total. The number of hydrogen-bond donors (Lipinski definition) is 3. The number of ketones is 1. The fourth-order valence-corrected chi connectivity index (χ4v) is 7.19. The molecular weight excluding hydrogens is 769 g/mol. The van der Waals surface area contributed by atoms with Gasteiger partial charge in [0, 0.05) is 32.7 Å². The average Bonchev–Trinajstić information content (AvgIpc) is 3.24. The van der Waals surface area contributed by atoms with Gasteiger partial charge in [-0.2, -0.15) is 8.42 Å². The number of carbonyl (C=O) groups excluding carboxylic acids is 1. The van der Waals surface area contributed by atoms with Gasteiger partial charge in [-0.25, -0.2) is 0 Å². The third-order valence-electron chi connectivity index (χ3n) is 10.5. The van der Waals surface area contributed by atoms with Gasteiger partial charge in [-0.15, -0.1) is 0 Å². The number of hydrogen-bond acceptors (Lipinski definition) is 7. The standard InChI is InChI=1S/C37H66O.C8H10O3S.C7H16O3/c1-3-5-7-9-11-13-15-17-19-21-23-25-27-29-31-33-35-37(38)36-34-32-30-28-26-24-22-20-18-16-14-12-10-8-6-4-2;1-7-3-5-8(6-4-7)12(9,10)11-2;8-4-1-7(2-5-9)3-6-10/h11-14,17-20H,3-10,15-16,21-36H2,1-2H3;3-6H,1-2H3;7-10H,1-6H2/b13-11-,14-12-,19-17-,20-18-;;. The zero-order valence-electron chi connectivity index (χ0n) is 39.0. The summed E-state index contributed by atoms with van der Waals surface area (Å²) in [5.41, 5.74) is 1.02. The number of Topliss-reactive ketones (excluding diaryl/α,β-unsaturated/α-hetero) is 1. The highest BCUT2D eigenvalue weighted by Gasteiger charge is 2.11. The summed E-state index contributed by atoms with van der Waals surface area (Å²) < 4.78 is 26.5. The predicted octanol–water partition coefficient (Wildman–Crippen LogP) is 14.0. The molecule has 1 aromatic carbocycles. The van der Waals surface area contributed by atoms with E-state index < -0.39 is 10.1 Å². The molecule has 0 aliphatic rings. The van der Waals surface area contributed by atoms with Crippen LogP contribution in [0.1, 0.15) is 206 Å². The lowest BCUT2D eigenvalue weighted by molar-refractivity contribution is -0.119. The quantitative estimate of drug-likeness (QED) is 0.0344. The van der Waals surface area contributed by atoms with E-state index in [9.17, 15) is 13.2 Å². The van der Waals surface area contributed by atoms with Gasteiger partial charge in [-0.05, 0) is 121 Å². The molecule has 60 heavy (non-hydrogen) atoms. The molecule has 0 fully saturated rings. The summed E-state index contributed by atoms with van der Waals surface area (Å²) in [4.78, 5) is 12.3. The van der Waals surface area contributed by atoms with Crippen LogP contribution in [0.3, 0.4) is 0 Å². The van der Waals surface area contributed by atoms with Crippen molar-refractivity contribution in [3.05, 3.63) is 78.4 Å². The number of benzene rings is 1. The van der Waals surface area contributed by atoms with Crippen LogP contribution >= 0.6 is 0 Å². The van der Waals surface area contributed by atoms with E-state index >= 15 is 0 Å². The molecule has 7 nitrogen and oxygen atoms in total. The van der Waals surface area contributed by atoms with Crippen molar-refractivity contribution in [3.8, 4) is 0 Å². The maximum absolute atomic E-state index is 12.1. The van der Waals surface area contributed by atoms with Crippen molar-refractivity contribution in [1.82, 2.24) is 0 Å². The summed E-state index contributed by atoms with van der Waals surface area (Å²) in [7, 11) is -2.37. The molecule has 0 saturated carbocycles. The highest BCUT2D eigenvalue weighted by Crippen LogP contribution is 2.15. The number of aliphatic hydroxyl groups is 3. The van der Waals surface area contributed by atoms with Crippen LogP contribution < -0.4 is 0 Å². The van der Waals surface area contributed by atoms with E-state index in [1.54, 1.807) is 12.1 Å². The molecule has 0 radical (unpaired) electrons. The molecule has 0 atom stereocenters. The van der Waals surface area contributed by atoms with Crippen molar-refractivity contribution in [3.63, 3.8) is 0 Å². The van der Waals surface area contributed by atoms with Crippen LogP contribution in [0.25, 0.3) is 0 Å². The van der Waals surface area contributed by atoms with Crippen LogP contribution in [0.2, 0.25) is 0 Å². The Hall–Kier alpha value is -2.36. The van der Waals surface area contributed by atoms with Crippen molar-refractivity contribution >= 4 is 15.9 Å². The summed E-state index contributed by atoms with van der Waals surface area (Å²) in [6.45, 7) is 6.84. The first-order valence-corrected chi connectivity index (χ1v) is 25.4. The number of allylic oxidation sites excluding steroid dienone is 8. The molecule has 1 rings (SSSR count). The second kappa shape index (κ2) is 47.7. The highest BCUT2D eigenvalue weighted by molar-refractivity contribution is 7.86. The third-order valence-corrected chi connectivity index (χ3v) is 11.7. The number of unbranched alkanes of at least 4 members (excludes halogenated alkanes) is 18. The van der Waals surface area contributed by atoms with Gasteiger partial charge in [0.05, 0.1) is 12.0 Å². The van der Waals surface area contributed by atoms with Crippen molar-refractivity contribution in [2.45, 2.75) is 212 Å². The number of aliphatic hydroxyl groups excluding tert-OH is 3. The minimum atomic E-state index is -3.51. The molecule has 0 unspecified atom stereocenters. The Morgan fingerprint density at radius 3 is 1.20 bits per heavy atom. The van der Waals surface area contributed by atoms with E-state index in [2.05, 4.69) is 66.6 Å². The summed E-state index contributed by atoms with van der Waals surface area (Å²) in [6, 6.07) is 6.50. The normalized spacial score (nSPS) is 11.9. The van der Waals surface area contributed by atoms with E-state index in [-0.39, 0.29) is 30.6 Å². The first-order chi connectivity index (χ1) is 29.2. The first-order valence-electron chi connectivity index (χ1n) is 24.0. The molecule has 0 saturated heterocycles. The first kappa shape index (κ1) is 59.7. The van der Waals surface area contributed by atoms with E-state index in [4.69, 9.17) is 15.3 Å². The number of aryl methyl sites for hydroxylation is 1. The lowest BCUT2D eigenvalue weighted by Gasteiger charge is -2.11. The highest BCUT2D eigenvalue weighted by atomic mass is 32.2. The number of carbonyl (C=O) groups is 1. The molecule has 0 aliphatic carbocycles. The molecule has 1 aromatic rings. The zero-order chi connectivity index (χ0) is 44.6. The summed E-state index contributed by atoms with van der Waals surface area (Å²) in [6.07, 6.45) is 52.6. The molecule has 8 heteroatoms. The van der Waals surface area contributed by atoms with Gasteiger partial charge < -0.3 is 15.3 Å². The predicted molar refractivity (Wildman–Crippen MR) is 257 cm³/mol. The van der Waals surface area contributed by atoms with Crippen molar-refractivity contribution in [2.24, 2.45) is 5.92 Å². The van der Waals surface area contributed by atoms with Crippen molar-refractivity contribution in [2.75, 3.05) is 26.9 Å². The Bertz CT molecular complexity index is 1200. The molecule has 0 amide bonds. The Kier molecular flexibility index (Phi) is 47.5. The van der Waals surface area contributed by atoms with Gasteiger partial charge in [0.25, 0.3) is 10.1 Å². The molecule has 0 bridgehead atoms. The molecule has 0 aromatic heterocycles. The zero-order valence-corrected chi connectivity index (χ0v) is 39.8. The minimum absolute atomic E-state index is 0.144. The van der Waals surface area contributed by atoms with Crippen LogP contribution in [-0.2, 0) is 19.1 Å². The van der Waals surface area contributed by atoms with Gasteiger partial charge >= 0.3 is 0 Å². The second-order valence-electron chi connectivity index (χ2n) is 16.0. The molecule has 0 aliphatic heterocycles. The Labute approximate surface area is 370 Å². The lowest BCUT2D eigenvalue weighted by Crippen LogP contribution is -2.07. The van der Waals surface area contributed by atoms with E-state index in [0.29, 0.717) is 25.0 Å². The van der Waals surface area contributed by atoms with Crippen LogP contribution in [0, 0.1) is 12.8 Å². The van der Waals surface area contributed by atoms with Crippen LogP contribution in [0.4, 0.5) is 0 Å². The Balaban J connectivity index is 0. The molecular formula is C52H92O7S. The molecule has 0 spiro atoms. The lowest BCUT2D eigenvalue weighted by atomic mass is 9.99. The van der Waals surface area contributed by atoms with Crippen LogP contribution in [-0.4, -0.2) is 56.5 Å². The Morgan fingerprint density at radius 1 is 0.533 bits per heavy atom. The smallest absolute Gasteiger partial charge is 0.296 e. The van der Waals surface area contributed by atoms with Gasteiger partial charge in [0.2, 0.25) is 0 Å². The summed E-state index contributed by atoms with van der Waals surface area (Å²) >= 11 is 0. The van der Waals surface area contributed by atoms with Crippen molar-refractivity contribution in [1.29, 1.82) is 0 Å². The minimum Gasteiger partial charge on any atom is -0.396 e. The van der Waals surface area contributed by atoms with Gasteiger partial charge in [-0.3, -0.25) is 8.98 Å².